The number of ether oxygens (including phenoxy) is 1. The number of carbonyl (C=O) groups excluding carboxylic acids is 1. The van der Waals surface area contributed by atoms with Crippen molar-refractivity contribution in [2.75, 3.05) is 13.7 Å². The smallest absolute Gasteiger partial charge is 0.222 e. The van der Waals surface area contributed by atoms with Crippen LogP contribution in [0.4, 0.5) is 0 Å². The van der Waals surface area contributed by atoms with Crippen LogP contribution in [0.3, 0.4) is 0 Å². The van der Waals surface area contributed by atoms with Crippen molar-refractivity contribution >= 4 is 11.6 Å². The number of aryl methyl sites for hydroxylation is 3. The largest absolute Gasteiger partial charge is 0.497 e. The number of rotatable bonds is 6. The standard InChI is InChI=1S/C26H30N4O2/c1-6-21-26-22(15-24(31)27-7-2)29-25(18-10-8-16(3)9-11-18)20-14-19(32-5)12-13-23(20)30(26)17(4)28-21/h8-14,22H,6-7,15H2,1-5H3,(H,27,31)/t22-/m0/s1. The third kappa shape index (κ3) is 3.93. The molecule has 4 rings (SSSR count). The van der Waals surface area contributed by atoms with Gasteiger partial charge in [-0.3, -0.25) is 14.4 Å². The van der Waals surface area contributed by atoms with Gasteiger partial charge in [-0.25, -0.2) is 4.98 Å². The van der Waals surface area contributed by atoms with E-state index < -0.39 is 0 Å². The van der Waals surface area contributed by atoms with Crippen molar-refractivity contribution in [3.63, 3.8) is 0 Å². The van der Waals surface area contributed by atoms with Gasteiger partial charge >= 0.3 is 0 Å². The molecule has 0 fully saturated rings. The number of amides is 1. The summed E-state index contributed by atoms with van der Waals surface area (Å²) in [5, 5.41) is 2.93. The predicted octanol–water partition coefficient (Wildman–Crippen LogP) is 4.48. The summed E-state index contributed by atoms with van der Waals surface area (Å²) in [4.78, 5) is 22.7. The molecule has 0 saturated carbocycles. The average Bonchev–Trinajstić information content (AvgIpc) is 3.05. The first-order valence-electron chi connectivity index (χ1n) is 11.1. The fraction of sp³-hybridized carbons (Fsp3) is 0.346. The van der Waals surface area contributed by atoms with Crippen LogP contribution in [0, 0.1) is 13.8 Å². The van der Waals surface area contributed by atoms with Crippen LogP contribution in [0.2, 0.25) is 0 Å². The van der Waals surface area contributed by atoms with Crippen LogP contribution < -0.4 is 10.1 Å². The Morgan fingerprint density at radius 3 is 2.53 bits per heavy atom. The Kier molecular flexibility index (Phi) is 6.12. The Hall–Kier alpha value is -3.41. The van der Waals surface area contributed by atoms with Gasteiger partial charge in [-0.2, -0.15) is 0 Å². The van der Waals surface area contributed by atoms with Gasteiger partial charge in [0.1, 0.15) is 17.6 Å². The van der Waals surface area contributed by atoms with Gasteiger partial charge in [0.25, 0.3) is 0 Å². The molecule has 166 valence electrons. The highest BCUT2D eigenvalue weighted by molar-refractivity contribution is 6.15. The van der Waals surface area contributed by atoms with Gasteiger partial charge in [0, 0.05) is 17.7 Å². The Morgan fingerprint density at radius 2 is 1.88 bits per heavy atom. The molecule has 32 heavy (non-hydrogen) atoms. The molecular weight excluding hydrogens is 400 g/mol. The van der Waals surface area contributed by atoms with Crippen LogP contribution in [0.25, 0.3) is 5.69 Å². The summed E-state index contributed by atoms with van der Waals surface area (Å²) < 4.78 is 7.72. The number of hydrogen-bond acceptors (Lipinski definition) is 4. The van der Waals surface area contributed by atoms with E-state index in [1.807, 2.05) is 26.0 Å². The Bertz CT molecular complexity index is 1180. The number of aromatic nitrogens is 2. The monoisotopic (exact) mass is 430 g/mol. The maximum absolute atomic E-state index is 12.7. The van der Waals surface area contributed by atoms with Crippen molar-refractivity contribution in [2.24, 2.45) is 4.99 Å². The van der Waals surface area contributed by atoms with Crippen LogP contribution in [0.1, 0.15) is 60.2 Å². The van der Waals surface area contributed by atoms with Crippen molar-refractivity contribution in [3.05, 3.63) is 76.4 Å². The van der Waals surface area contributed by atoms with Gasteiger partial charge in [-0.05, 0) is 45.4 Å². The highest BCUT2D eigenvalue weighted by atomic mass is 16.5. The molecule has 6 heteroatoms. The van der Waals surface area contributed by atoms with Gasteiger partial charge < -0.3 is 10.1 Å². The molecule has 0 spiro atoms. The van der Waals surface area contributed by atoms with Crippen molar-refractivity contribution < 1.29 is 9.53 Å². The second-order valence-corrected chi connectivity index (χ2v) is 8.08. The molecule has 0 saturated heterocycles. The zero-order valence-corrected chi connectivity index (χ0v) is 19.4. The third-order valence-electron chi connectivity index (χ3n) is 5.87. The fourth-order valence-electron chi connectivity index (χ4n) is 4.35. The molecule has 0 aliphatic carbocycles. The lowest BCUT2D eigenvalue weighted by atomic mass is 9.99. The van der Waals surface area contributed by atoms with Crippen LogP contribution in [0.15, 0.2) is 47.5 Å². The van der Waals surface area contributed by atoms with Gasteiger partial charge in [-0.15, -0.1) is 0 Å². The SMILES string of the molecule is CCNC(=O)C[C@@H]1N=C(c2ccc(C)cc2)c2cc(OC)ccc2-n2c(C)nc(CC)c21. The zero-order valence-electron chi connectivity index (χ0n) is 19.4. The van der Waals surface area contributed by atoms with Crippen molar-refractivity contribution in [3.8, 4) is 11.4 Å². The summed E-state index contributed by atoms with van der Waals surface area (Å²) in [6.07, 6.45) is 1.04. The number of carbonyl (C=O) groups is 1. The molecule has 1 amide bonds. The Balaban J connectivity index is 2.01. The Morgan fingerprint density at radius 1 is 1.12 bits per heavy atom. The summed E-state index contributed by atoms with van der Waals surface area (Å²) in [5.74, 6) is 1.64. The molecule has 6 nitrogen and oxygen atoms in total. The second-order valence-electron chi connectivity index (χ2n) is 8.08. The van der Waals surface area contributed by atoms with Crippen LogP contribution in [-0.2, 0) is 11.2 Å². The molecule has 1 N–H and O–H groups in total. The van der Waals surface area contributed by atoms with Gasteiger partial charge in [0.05, 0.1) is 36.3 Å². The van der Waals surface area contributed by atoms with Crippen LogP contribution >= 0.6 is 0 Å². The quantitative estimate of drug-likeness (QED) is 0.627. The van der Waals surface area contributed by atoms with E-state index in [0.29, 0.717) is 6.54 Å². The molecule has 1 aromatic heterocycles. The first-order chi connectivity index (χ1) is 15.5. The molecule has 0 bridgehead atoms. The summed E-state index contributed by atoms with van der Waals surface area (Å²) in [7, 11) is 1.67. The molecule has 0 unspecified atom stereocenters. The van der Waals surface area contributed by atoms with Gasteiger partial charge in [-0.1, -0.05) is 36.8 Å². The van der Waals surface area contributed by atoms with Crippen molar-refractivity contribution in [2.45, 2.75) is 46.6 Å². The third-order valence-corrected chi connectivity index (χ3v) is 5.87. The summed E-state index contributed by atoms with van der Waals surface area (Å²) >= 11 is 0. The average molecular weight is 431 g/mol. The summed E-state index contributed by atoms with van der Waals surface area (Å²) in [6.45, 7) is 8.70. The van der Waals surface area contributed by atoms with E-state index >= 15 is 0 Å². The van der Waals surface area contributed by atoms with Crippen LogP contribution in [-0.4, -0.2) is 34.8 Å². The molecule has 3 aromatic rings. The lowest BCUT2D eigenvalue weighted by Crippen LogP contribution is -2.25. The lowest BCUT2D eigenvalue weighted by molar-refractivity contribution is -0.121. The van der Waals surface area contributed by atoms with Gasteiger partial charge in [0.15, 0.2) is 0 Å². The maximum atomic E-state index is 12.7. The minimum atomic E-state index is -0.340. The number of imidazole rings is 1. The minimum absolute atomic E-state index is 0.0134. The van der Waals surface area contributed by atoms with E-state index in [2.05, 4.69) is 54.1 Å². The van der Waals surface area contributed by atoms with E-state index in [1.165, 1.54) is 5.56 Å². The first kappa shape index (κ1) is 21.8. The van der Waals surface area contributed by atoms with E-state index in [-0.39, 0.29) is 18.4 Å². The number of nitrogens with zero attached hydrogens (tertiary/aromatic N) is 3. The summed E-state index contributed by atoms with van der Waals surface area (Å²) in [5.41, 5.74) is 7.00. The molecule has 0 radical (unpaired) electrons. The minimum Gasteiger partial charge on any atom is -0.497 e. The lowest BCUT2D eigenvalue weighted by Gasteiger charge is -2.16. The number of nitrogens with one attached hydrogen (secondary N) is 1. The number of hydrogen-bond donors (Lipinski definition) is 1. The molecule has 1 atom stereocenters. The number of fused-ring (bicyclic) bond motifs is 3. The van der Waals surface area contributed by atoms with E-state index in [1.54, 1.807) is 7.11 Å². The fourth-order valence-corrected chi connectivity index (χ4v) is 4.35. The maximum Gasteiger partial charge on any atom is 0.222 e. The molecule has 2 heterocycles. The van der Waals surface area contributed by atoms with E-state index in [0.717, 1.165) is 51.9 Å². The van der Waals surface area contributed by atoms with Gasteiger partial charge in [0.2, 0.25) is 5.91 Å². The number of aliphatic imine (C=N–C) groups is 1. The molecule has 1 aliphatic heterocycles. The highest BCUT2D eigenvalue weighted by Crippen LogP contribution is 2.37. The first-order valence-corrected chi connectivity index (χ1v) is 11.1. The number of methoxy groups -OCH3 is 1. The van der Waals surface area contributed by atoms with Crippen molar-refractivity contribution in [1.29, 1.82) is 0 Å². The second kappa shape index (κ2) is 8.99. The van der Waals surface area contributed by atoms with Crippen molar-refractivity contribution in [1.82, 2.24) is 14.9 Å². The molecular formula is C26H30N4O2. The normalized spacial score (nSPS) is 14.8. The van der Waals surface area contributed by atoms with Crippen LogP contribution in [0.5, 0.6) is 5.75 Å². The molecule has 1 aliphatic rings. The number of benzene rings is 2. The molecule has 2 aromatic carbocycles. The Labute approximate surface area is 189 Å². The van der Waals surface area contributed by atoms with E-state index in [4.69, 9.17) is 14.7 Å². The highest BCUT2D eigenvalue weighted by Gasteiger charge is 2.31. The topological polar surface area (TPSA) is 68.5 Å². The zero-order chi connectivity index (χ0) is 22.8. The van der Waals surface area contributed by atoms with E-state index in [9.17, 15) is 4.79 Å². The predicted molar refractivity (Wildman–Crippen MR) is 127 cm³/mol. The summed E-state index contributed by atoms with van der Waals surface area (Å²) in [6, 6.07) is 14.1.